The summed E-state index contributed by atoms with van der Waals surface area (Å²) >= 11 is 5.60. The maximum Gasteiger partial charge on any atom is 0.323 e. The summed E-state index contributed by atoms with van der Waals surface area (Å²) < 4.78 is 13.6. The maximum absolute atomic E-state index is 13.6. The lowest BCUT2D eigenvalue weighted by Crippen LogP contribution is -2.40. The molecule has 19 heavy (non-hydrogen) atoms. The first-order chi connectivity index (χ1) is 8.99. The quantitative estimate of drug-likeness (QED) is 0.894. The van der Waals surface area contributed by atoms with E-state index in [1.807, 2.05) is 0 Å². The van der Waals surface area contributed by atoms with Gasteiger partial charge < -0.3 is 15.3 Å². The molecule has 1 aromatic rings. The van der Waals surface area contributed by atoms with Gasteiger partial charge in [0.25, 0.3) is 0 Å². The van der Waals surface area contributed by atoms with E-state index in [-0.39, 0.29) is 16.8 Å². The Morgan fingerprint density at radius 3 is 2.74 bits per heavy atom. The molecule has 0 bridgehead atoms. The maximum atomic E-state index is 13.6. The molecule has 2 N–H and O–H groups in total. The Balaban J connectivity index is 2.10. The van der Waals surface area contributed by atoms with Gasteiger partial charge in [-0.1, -0.05) is 17.7 Å². The van der Waals surface area contributed by atoms with Crippen molar-refractivity contribution in [2.75, 3.05) is 11.9 Å². The molecular formula is C12H12ClFN2O3. The van der Waals surface area contributed by atoms with Crippen LogP contribution in [0.5, 0.6) is 0 Å². The summed E-state index contributed by atoms with van der Waals surface area (Å²) in [5.74, 6) is -1.84. The normalized spacial score (nSPS) is 14.0. The number of carboxylic acids is 1. The second-order valence-electron chi connectivity index (χ2n) is 4.28. The van der Waals surface area contributed by atoms with Gasteiger partial charge in [0.05, 0.1) is 10.7 Å². The van der Waals surface area contributed by atoms with Crippen LogP contribution in [0.2, 0.25) is 5.02 Å². The summed E-state index contributed by atoms with van der Waals surface area (Å²) in [4.78, 5) is 23.8. The van der Waals surface area contributed by atoms with Crippen molar-refractivity contribution >= 4 is 29.3 Å². The number of halogens is 2. The number of benzene rings is 1. The van der Waals surface area contributed by atoms with Crippen LogP contribution in [0.15, 0.2) is 18.2 Å². The zero-order valence-electron chi connectivity index (χ0n) is 9.90. The molecule has 102 valence electrons. The molecule has 0 aromatic heterocycles. The fourth-order valence-electron chi connectivity index (χ4n) is 1.69. The van der Waals surface area contributed by atoms with E-state index in [1.54, 1.807) is 0 Å². The van der Waals surface area contributed by atoms with Crippen LogP contribution in [0, 0.1) is 5.82 Å². The molecule has 2 rings (SSSR count). The molecular weight excluding hydrogens is 275 g/mol. The third kappa shape index (κ3) is 3.35. The first kappa shape index (κ1) is 13.6. The third-order valence-electron chi connectivity index (χ3n) is 2.75. The Morgan fingerprint density at radius 1 is 1.47 bits per heavy atom. The Kier molecular flexibility index (Phi) is 3.90. The van der Waals surface area contributed by atoms with Crippen LogP contribution in [-0.4, -0.2) is 34.6 Å². The topological polar surface area (TPSA) is 69.6 Å². The summed E-state index contributed by atoms with van der Waals surface area (Å²) in [6.07, 6.45) is 1.53. The molecule has 5 nitrogen and oxygen atoms in total. The van der Waals surface area contributed by atoms with Gasteiger partial charge in [0.2, 0.25) is 0 Å². The molecule has 1 saturated carbocycles. The second-order valence-corrected chi connectivity index (χ2v) is 4.69. The number of nitrogens with one attached hydrogen (secondary N) is 1. The Morgan fingerprint density at radius 2 is 2.16 bits per heavy atom. The minimum Gasteiger partial charge on any atom is -0.480 e. The summed E-state index contributed by atoms with van der Waals surface area (Å²) in [6, 6.07) is 3.51. The number of anilines is 1. The number of carbonyl (C=O) groups excluding carboxylic acids is 1. The highest BCUT2D eigenvalue weighted by Crippen LogP contribution is 2.28. The summed E-state index contributed by atoms with van der Waals surface area (Å²) in [5.41, 5.74) is -0.0615. The van der Waals surface area contributed by atoms with E-state index in [9.17, 15) is 14.0 Å². The highest BCUT2D eigenvalue weighted by Gasteiger charge is 2.34. The molecule has 0 unspecified atom stereocenters. The van der Waals surface area contributed by atoms with Crippen LogP contribution >= 0.6 is 11.6 Å². The van der Waals surface area contributed by atoms with Crippen molar-refractivity contribution in [1.29, 1.82) is 0 Å². The summed E-state index contributed by atoms with van der Waals surface area (Å²) in [5, 5.41) is 11.0. The molecule has 1 aliphatic rings. The van der Waals surface area contributed by atoms with Crippen molar-refractivity contribution < 1.29 is 19.1 Å². The third-order valence-corrected chi connectivity index (χ3v) is 3.04. The lowest BCUT2D eigenvalue weighted by Gasteiger charge is -2.20. The van der Waals surface area contributed by atoms with E-state index >= 15 is 0 Å². The lowest BCUT2D eigenvalue weighted by atomic mass is 10.3. The zero-order valence-corrected chi connectivity index (χ0v) is 10.7. The predicted octanol–water partition coefficient (Wildman–Crippen LogP) is 2.56. The minimum absolute atomic E-state index is 0.0615. The number of nitrogens with zero attached hydrogens (tertiary/aromatic N) is 1. The van der Waals surface area contributed by atoms with Crippen LogP contribution in [-0.2, 0) is 4.79 Å². The average molecular weight is 287 g/mol. The fraction of sp³-hybridized carbons (Fsp3) is 0.333. The Bertz CT molecular complexity index is 520. The van der Waals surface area contributed by atoms with Crippen LogP contribution < -0.4 is 5.32 Å². The van der Waals surface area contributed by atoms with Crippen molar-refractivity contribution in [3.63, 3.8) is 0 Å². The minimum atomic E-state index is -1.10. The van der Waals surface area contributed by atoms with Crippen LogP contribution in [0.4, 0.5) is 14.9 Å². The molecule has 1 fully saturated rings. The number of urea groups is 1. The van der Waals surface area contributed by atoms with Crippen LogP contribution in [0.1, 0.15) is 12.8 Å². The van der Waals surface area contributed by atoms with Crippen molar-refractivity contribution in [2.24, 2.45) is 0 Å². The number of carboxylic acid groups (broad SMARTS) is 1. The van der Waals surface area contributed by atoms with E-state index in [0.717, 1.165) is 12.8 Å². The molecule has 0 heterocycles. The lowest BCUT2D eigenvalue weighted by molar-refractivity contribution is -0.137. The van der Waals surface area contributed by atoms with Gasteiger partial charge in [-0.3, -0.25) is 4.79 Å². The van der Waals surface area contributed by atoms with Gasteiger partial charge in [-0.15, -0.1) is 0 Å². The number of carbonyl (C=O) groups is 2. The smallest absolute Gasteiger partial charge is 0.323 e. The van der Waals surface area contributed by atoms with Gasteiger partial charge in [-0.25, -0.2) is 9.18 Å². The highest BCUT2D eigenvalue weighted by atomic mass is 35.5. The number of hydrogen-bond acceptors (Lipinski definition) is 2. The summed E-state index contributed by atoms with van der Waals surface area (Å²) in [7, 11) is 0. The van der Waals surface area contributed by atoms with Gasteiger partial charge in [0.1, 0.15) is 6.54 Å². The summed E-state index contributed by atoms with van der Waals surface area (Å²) in [6.45, 7) is -0.404. The standard InChI is InChI=1S/C12H12ClFN2O3/c13-8-2-1-3-9(11(8)14)15-12(19)16(6-10(17)18)7-4-5-7/h1-3,7H,4-6H2,(H,15,19)(H,17,18). The number of aliphatic carboxylic acids is 1. The molecule has 0 spiro atoms. The van der Waals surface area contributed by atoms with Gasteiger partial charge >= 0.3 is 12.0 Å². The average Bonchev–Trinajstić information content (AvgIpc) is 3.16. The molecule has 2 amide bonds. The molecule has 0 aliphatic heterocycles. The fourth-order valence-corrected chi connectivity index (χ4v) is 1.86. The van der Waals surface area contributed by atoms with E-state index in [2.05, 4.69) is 5.32 Å². The van der Waals surface area contributed by atoms with Gasteiger partial charge in [0.15, 0.2) is 5.82 Å². The number of rotatable bonds is 4. The number of amides is 2. The van der Waals surface area contributed by atoms with E-state index in [1.165, 1.54) is 23.1 Å². The molecule has 0 radical (unpaired) electrons. The number of hydrogen-bond donors (Lipinski definition) is 2. The van der Waals surface area contributed by atoms with Crippen molar-refractivity contribution in [3.05, 3.63) is 29.0 Å². The SMILES string of the molecule is O=C(O)CN(C(=O)Nc1cccc(Cl)c1F)C1CC1. The van der Waals surface area contributed by atoms with Crippen LogP contribution in [0.25, 0.3) is 0 Å². The van der Waals surface area contributed by atoms with Gasteiger partial charge in [0, 0.05) is 6.04 Å². The first-order valence-electron chi connectivity index (χ1n) is 5.72. The van der Waals surface area contributed by atoms with E-state index in [0.29, 0.717) is 0 Å². The van der Waals surface area contributed by atoms with E-state index < -0.39 is 24.4 Å². The van der Waals surface area contributed by atoms with Crippen molar-refractivity contribution in [2.45, 2.75) is 18.9 Å². The predicted molar refractivity (Wildman–Crippen MR) is 67.8 cm³/mol. The van der Waals surface area contributed by atoms with Gasteiger partial charge in [-0.2, -0.15) is 0 Å². The van der Waals surface area contributed by atoms with Crippen molar-refractivity contribution in [1.82, 2.24) is 4.90 Å². The Hall–Kier alpha value is -1.82. The van der Waals surface area contributed by atoms with Gasteiger partial charge in [-0.05, 0) is 25.0 Å². The second kappa shape index (κ2) is 5.44. The molecule has 1 aromatic carbocycles. The molecule has 7 heteroatoms. The monoisotopic (exact) mass is 286 g/mol. The first-order valence-corrected chi connectivity index (χ1v) is 6.10. The Labute approximate surface area is 114 Å². The van der Waals surface area contributed by atoms with Crippen molar-refractivity contribution in [3.8, 4) is 0 Å². The molecule has 0 saturated heterocycles. The molecule has 0 atom stereocenters. The van der Waals surface area contributed by atoms with E-state index in [4.69, 9.17) is 16.7 Å². The largest absolute Gasteiger partial charge is 0.480 e. The highest BCUT2D eigenvalue weighted by molar-refractivity contribution is 6.31. The molecule has 1 aliphatic carbocycles. The van der Waals surface area contributed by atoms with Crippen LogP contribution in [0.3, 0.4) is 0 Å². The zero-order chi connectivity index (χ0) is 14.0.